The van der Waals surface area contributed by atoms with Crippen LogP contribution in [0.1, 0.15) is 41.3 Å². The van der Waals surface area contributed by atoms with Gasteiger partial charge in [0.15, 0.2) is 0 Å². The van der Waals surface area contributed by atoms with Gasteiger partial charge in [-0.05, 0) is 23.9 Å². The number of aromatic nitrogens is 2. The molecule has 1 atom stereocenters. The summed E-state index contributed by atoms with van der Waals surface area (Å²) >= 11 is 1.71. The first-order chi connectivity index (χ1) is 9.74. The normalized spacial score (nSPS) is 11.9. The van der Waals surface area contributed by atoms with Gasteiger partial charge in [0.05, 0.1) is 13.2 Å². The quantitative estimate of drug-likeness (QED) is 0.827. The molecule has 2 aromatic heterocycles. The van der Waals surface area contributed by atoms with E-state index in [9.17, 15) is 4.79 Å². The van der Waals surface area contributed by atoms with E-state index >= 15 is 0 Å². The van der Waals surface area contributed by atoms with Gasteiger partial charge in [0.1, 0.15) is 5.82 Å². The van der Waals surface area contributed by atoms with Crippen LogP contribution in [0.2, 0.25) is 0 Å². The van der Waals surface area contributed by atoms with Crippen molar-refractivity contribution in [1.29, 1.82) is 0 Å². The Bertz CT molecular complexity index is 557. The summed E-state index contributed by atoms with van der Waals surface area (Å²) in [6, 6.07) is 6.08. The summed E-state index contributed by atoms with van der Waals surface area (Å²) < 4.78 is 4.63. The molecular weight excluding hydrogens is 274 g/mol. The SMILES string of the molecule is CCCC(Nc1ccnc(C(=O)OC)n1)c1cccs1. The van der Waals surface area contributed by atoms with Crippen molar-refractivity contribution in [1.82, 2.24) is 9.97 Å². The molecule has 20 heavy (non-hydrogen) atoms. The Hall–Kier alpha value is -1.95. The van der Waals surface area contributed by atoms with Crippen LogP contribution in [0.25, 0.3) is 0 Å². The molecule has 0 amide bonds. The first-order valence-electron chi connectivity index (χ1n) is 6.46. The van der Waals surface area contributed by atoms with Gasteiger partial charge in [-0.25, -0.2) is 14.8 Å². The molecule has 0 saturated heterocycles. The van der Waals surface area contributed by atoms with Crippen LogP contribution in [-0.2, 0) is 4.74 Å². The van der Waals surface area contributed by atoms with E-state index in [2.05, 4.69) is 38.4 Å². The minimum Gasteiger partial charge on any atom is -0.463 e. The van der Waals surface area contributed by atoms with Gasteiger partial charge in [-0.2, -0.15) is 0 Å². The molecule has 0 aliphatic rings. The zero-order valence-corrected chi connectivity index (χ0v) is 12.3. The predicted octanol–water partition coefficient (Wildman–Crippen LogP) is 3.28. The summed E-state index contributed by atoms with van der Waals surface area (Å²) in [6.07, 6.45) is 3.61. The Labute approximate surface area is 122 Å². The molecule has 2 aromatic rings. The number of carbonyl (C=O) groups excluding carboxylic acids is 1. The summed E-state index contributed by atoms with van der Waals surface area (Å²) in [5, 5.41) is 5.41. The standard InChI is InChI=1S/C14H17N3O2S/c1-3-5-10(11-6-4-9-20-11)16-12-7-8-15-13(17-12)14(18)19-2/h4,6-10H,3,5H2,1-2H3,(H,15,16,17). The van der Waals surface area contributed by atoms with Crippen LogP contribution in [0.5, 0.6) is 0 Å². The van der Waals surface area contributed by atoms with E-state index in [1.165, 1.54) is 12.0 Å². The predicted molar refractivity (Wildman–Crippen MR) is 79.0 cm³/mol. The second-order valence-corrected chi connectivity index (χ2v) is 5.24. The summed E-state index contributed by atoms with van der Waals surface area (Å²) in [6.45, 7) is 2.14. The van der Waals surface area contributed by atoms with Gasteiger partial charge in [0.25, 0.3) is 0 Å². The van der Waals surface area contributed by atoms with E-state index in [-0.39, 0.29) is 11.9 Å². The maximum absolute atomic E-state index is 11.4. The van der Waals surface area contributed by atoms with Gasteiger partial charge in [0.2, 0.25) is 5.82 Å². The number of esters is 1. The molecule has 5 nitrogen and oxygen atoms in total. The Balaban J connectivity index is 2.16. The number of hydrogen-bond donors (Lipinski definition) is 1. The number of nitrogens with one attached hydrogen (secondary N) is 1. The Morgan fingerprint density at radius 2 is 2.35 bits per heavy atom. The number of ether oxygens (including phenoxy) is 1. The topological polar surface area (TPSA) is 64.1 Å². The van der Waals surface area contributed by atoms with Crippen molar-refractivity contribution in [3.05, 3.63) is 40.5 Å². The lowest BCUT2D eigenvalue weighted by molar-refractivity contribution is 0.0587. The van der Waals surface area contributed by atoms with Crippen molar-refractivity contribution in [3.63, 3.8) is 0 Å². The van der Waals surface area contributed by atoms with E-state index in [1.54, 1.807) is 23.6 Å². The van der Waals surface area contributed by atoms with Gasteiger partial charge in [-0.1, -0.05) is 19.4 Å². The van der Waals surface area contributed by atoms with E-state index in [4.69, 9.17) is 0 Å². The largest absolute Gasteiger partial charge is 0.463 e. The number of rotatable bonds is 6. The molecule has 0 bridgehead atoms. The average Bonchev–Trinajstić information content (AvgIpc) is 3.00. The third-order valence-electron chi connectivity index (χ3n) is 2.81. The molecule has 106 valence electrons. The van der Waals surface area contributed by atoms with Crippen LogP contribution in [0.15, 0.2) is 29.8 Å². The van der Waals surface area contributed by atoms with Gasteiger partial charge >= 0.3 is 5.97 Å². The third kappa shape index (κ3) is 3.54. The Morgan fingerprint density at radius 3 is 3.00 bits per heavy atom. The minimum absolute atomic E-state index is 0.0685. The average molecular weight is 291 g/mol. The van der Waals surface area contributed by atoms with Gasteiger partial charge in [-0.15, -0.1) is 11.3 Å². The van der Waals surface area contributed by atoms with Crippen LogP contribution in [0.4, 0.5) is 5.82 Å². The molecule has 0 spiro atoms. The highest BCUT2D eigenvalue weighted by molar-refractivity contribution is 7.10. The number of carbonyl (C=O) groups is 1. The highest BCUT2D eigenvalue weighted by Crippen LogP contribution is 2.26. The monoisotopic (exact) mass is 291 g/mol. The van der Waals surface area contributed by atoms with Crippen LogP contribution < -0.4 is 5.32 Å². The molecule has 6 heteroatoms. The zero-order valence-electron chi connectivity index (χ0n) is 11.5. The van der Waals surface area contributed by atoms with E-state index in [0.717, 1.165) is 12.8 Å². The van der Waals surface area contributed by atoms with Crippen molar-refractivity contribution in [3.8, 4) is 0 Å². The fourth-order valence-electron chi connectivity index (χ4n) is 1.87. The number of thiophene rings is 1. The summed E-state index contributed by atoms with van der Waals surface area (Å²) in [7, 11) is 1.32. The Morgan fingerprint density at radius 1 is 1.50 bits per heavy atom. The zero-order chi connectivity index (χ0) is 14.4. The minimum atomic E-state index is -0.531. The van der Waals surface area contributed by atoms with Crippen LogP contribution in [-0.4, -0.2) is 23.0 Å². The van der Waals surface area contributed by atoms with E-state index < -0.39 is 5.97 Å². The van der Waals surface area contributed by atoms with E-state index in [0.29, 0.717) is 5.82 Å². The van der Waals surface area contributed by atoms with Crippen molar-refractivity contribution >= 4 is 23.1 Å². The van der Waals surface area contributed by atoms with Crippen molar-refractivity contribution < 1.29 is 9.53 Å². The van der Waals surface area contributed by atoms with E-state index in [1.807, 2.05) is 6.07 Å². The maximum Gasteiger partial charge on any atom is 0.376 e. The molecule has 2 rings (SSSR count). The molecule has 1 unspecified atom stereocenters. The van der Waals surface area contributed by atoms with Gasteiger partial charge in [-0.3, -0.25) is 0 Å². The fourth-order valence-corrected chi connectivity index (χ4v) is 2.68. The molecule has 0 aromatic carbocycles. The van der Waals surface area contributed by atoms with Crippen molar-refractivity contribution in [2.75, 3.05) is 12.4 Å². The maximum atomic E-state index is 11.4. The lowest BCUT2D eigenvalue weighted by atomic mass is 10.1. The molecular formula is C14H17N3O2S. The first kappa shape index (κ1) is 14.5. The third-order valence-corrected chi connectivity index (χ3v) is 3.80. The Kier molecular flexibility index (Phi) is 5.06. The highest BCUT2D eigenvalue weighted by Gasteiger charge is 2.14. The smallest absolute Gasteiger partial charge is 0.376 e. The number of hydrogen-bond acceptors (Lipinski definition) is 6. The van der Waals surface area contributed by atoms with Crippen molar-refractivity contribution in [2.24, 2.45) is 0 Å². The summed E-state index contributed by atoms with van der Waals surface area (Å²) in [5.41, 5.74) is 0. The fraction of sp³-hybridized carbons (Fsp3) is 0.357. The van der Waals surface area contributed by atoms with Crippen molar-refractivity contribution in [2.45, 2.75) is 25.8 Å². The molecule has 0 aliphatic heterocycles. The molecule has 2 heterocycles. The number of nitrogens with zero attached hydrogens (tertiary/aromatic N) is 2. The second kappa shape index (κ2) is 7.00. The summed E-state index contributed by atoms with van der Waals surface area (Å²) in [4.78, 5) is 20.8. The first-order valence-corrected chi connectivity index (χ1v) is 7.34. The van der Waals surface area contributed by atoms with Crippen LogP contribution >= 0.6 is 11.3 Å². The number of anilines is 1. The second-order valence-electron chi connectivity index (χ2n) is 4.26. The van der Waals surface area contributed by atoms with Crippen LogP contribution in [0.3, 0.4) is 0 Å². The number of methoxy groups -OCH3 is 1. The molecule has 1 N–H and O–H groups in total. The highest BCUT2D eigenvalue weighted by atomic mass is 32.1. The van der Waals surface area contributed by atoms with Gasteiger partial charge in [0, 0.05) is 11.1 Å². The molecule has 0 fully saturated rings. The summed E-state index contributed by atoms with van der Waals surface area (Å²) in [5.74, 6) is 0.169. The molecule has 0 radical (unpaired) electrons. The van der Waals surface area contributed by atoms with Crippen LogP contribution in [0, 0.1) is 0 Å². The lowest BCUT2D eigenvalue weighted by Crippen LogP contribution is -2.13. The van der Waals surface area contributed by atoms with Gasteiger partial charge < -0.3 is 10.1 Å². The molecule has 0 saturated carbocycles. The lowest BCUT2D eigenvalue weighted by Gasteiger charge is -2.17. The molecule has 0 aliphatic carbocycles.